The van der Waals surface area contributed by atoms with Gasteiger partial charge >= 0.3 is 5.97 Å². The maximum Gasteiger partial charge on any atom is 0.305 e. The van der Waals surface area contributed by atoms with E-state index in [1.165, 1.54) is 7.11 Å². The molecule has 0 saturated carbocycles. The molecule has 0 fully saturated rings. The summed E-state index contributed by atoms with van der Waals surface area (Å²) >= 11 is 5.98. The van der Waals surface area contributed by atoms with E-state index in [0.717, 1.165) is 11.1 Å². The maximum atomic E-state index is 12.4. The van der Waals surface area contributed by atoms with Crippen LogP contribution in [0.3, 0.4) is 0 Å². The molecule has 1 heterocycles. The third-order valence-electron chi connectivity index (χ3n) is 4.23. The lowest BCUT2D eigenvalue weighted by Gasteiger charge is -2.16. The number of nitrogens with one attached hydrogen (secondary N) is 1. The van der Waals surface area contributed by atoms with Crippen molar-refractivity contribution < 1.29 is 18.7 Å². The molecular weight excluding hydrogens is 394 g/mol. The molecule has 150 valence electrons. The minimum Gasteiger partial charge on any atom is -0.469 e. The first-order valence-electron chi connectivity index (χ1n) is 9.07. The fourth-order valence-corrected chi connectivity index (χ4v) is 2.85. The molecule has 0 aliphatic rings. The maximum absolute atomic E-state index is 12.4. The Hall–Kier alpha value is -3.19. The van der Waals surface area contributed by atoms with Gasteiger partial charge in [0.25, 0.3) is 0 Å². The van der Waals surface area contributed by atoms with Gasteiger partial charge in [-0.15, -0.1) is 10.2 Å². The summed E-state index contributed by atoms with van der Waals surface area (Å²) in [6, 6.07) is 15.7. The van der Waals surface area contributed by atoms with Crippen LogP contribution in [0.2, 0.25) is 5.02 Å². The van der Waals surface area contributed by atoms with Gasteiger partial charge in [-0.05, 0) is 36.2 Å². The largest absolute Gasteiger partial charge is 0.469 e. The molecule has 3 rings (SSSR count). The minimum atomic E-state index is -0.636. The van der Waals surface area contributed by atoms with Crippen LogP contribution in [0.5, 0.6) is 0 Å². The molecule has 0 radical (unpaired) electrons. The number of amides is 1. The van der Waals surface area contributed by atoms with Crippen molar-refractivity contribution >= 4 is 23.5 Å². The topological polar surface area (TPSA) is 94.3 Å². The van der Waals surface area contributed by atoms with E-state index in [9.17, 15) is 9.59 Å². The zero-order valence-electron chi connectivity index (χ0n) is 15.8. The van der Waals surface area contributed by atoms with Crippen molar-refractivity contribution in [1.29, 1.82) is 0 Å². The average Bonchev–Trinajstić information content (AvgIpc) is 3.23. The molecular formula is C21H20ClN3O4. The van der Waals surface area contributed by atoms with Crippen molar-refractivity contribution in [3.63, 3.8) is 0 Å². The van der Waals surface area contributed by atoms with Crippen LogP contribution in [0.1, 0.15) is 36.8 Å². The number of methoxy groups -OCH3 is 1. The zero-order chi connectivity index (χ0) is 20.6. The van der Waals surface area contributed by atoms with E-state index in [2.05, 4.69) is 20.3 Å². The molecule has 1 atom stereocenters. The zero-order valence-corrected chi connectivity index (χ0v) is 16.6. The second-order valence-corrected chi connectivity index (χ2v) is 6.73. The molecule has 2 aromatic carbocycles. The van der Waals surface area contributed by atoms with Gasteiger partial charge in [0.05, 0.1) is 7.11 Å². The summed E-state index contributed by atoms with van der Waals surface area (Å²) in [7, 11) is 1.32. The van der Waals surface area contributed by atoms with E-state index in [1.807, 2.05) is 30.3 Å². The summed E-state index contributed by atoms with van der Waals surface area (Å²) in [5, 5.41) is 11.7. The first kappa shape index (κ1) is 20.5. The Kier molecular flexibility index (Phi) is 6.97. The van der Waals surface area contributed by atoms with Gasteiger partial charge in [0.2, 0.25) is 17.7 Å². The van der Waals surface area contributed by atoms with Crippen LogP contribution in [0.25, 0.3) is 11.5 Å². The van der Waals surface area contributed by atoms with Crippen molar-refractivity contribution in [3.8, 4) is 11.5 Å². The van der Waals surface area contributed by atoms with E-state index >= 15 is 0 Å². The van der Waals surface area contributed by atoms with Crippen molar-refractivity contribution in [3.05, 3.63) is 71.1 Å². The SMILES string of the molecule is COC(=O)CCCC(=O)N[C@@H](c1ccc(Cl)cc1)c1nnc(-c2ccccc2)o1. The second kappa shape index (κ2) is 9.84. The lowest BCUT2D eigenvalue weighted by Crippen LogP contribution is -2.29. The number of hydrogen-bond donors (Lipinski definition) is 1. The van der Waals surface area contributed by atoms with Gasteiger partial charge in [-0.25, -0.2) is 0 Å². The second-order valence-electron chi connectivity index (χ2n) is 6.29. The van der Waals surface area contributed by atoms with E-state index in [1.54, 1.807) is 24.3 Å². The lowest BCUT2D eigenvalue weighted by atomic mass is 10.1. The van der Waals surface area contributed by atoms with Crippen molar-refractivity contribution in [1.82, 2.24) is 15.5 Å². The van der Waals surface area contributed by atoms with Crippen molar-refractivity contribution in [2.45, 2.75) is 25.3 Å². The van der Waals surface area contributed by atoms with Crippen molar-refractivity contribution in [2.75, 3.05) is 7.11 Å². The summed E-state index contributed by atoms with van der Waals surface area (Å²) in [6.07, 6.45) is 0.720. The first-order valence-corrected chi connectivity index (χ1v) is 9.45. The molecule has 3 aromatic rings. The molecule has 7 nitrogen and oxygen atoms in total. The summed E-state index contributed by atoms with van der Waals surface area (Å²) in [4.78, 5) is 23.7. The third-order valence-corrected chi connectivity index (χ3v) is 4.48. The third kappa shape index (κ3) is 5.65. The Bertz CT molecular complexity index is 958. The van der Waals surface area contributed by atoms with E-state index in [4.69, 9.17) is 16.0 Å². The molecule has 1 N–H and O–H groups in total. The number of aromatic nitrogens is 2. The Labute approximate surface area is 173 Å². The standard InChI is InChI=1S/C21H20ClN3O4/c1-28-18(27)9-5-8-17(26)23-19(14-10-12-16(22)13-11-14)21-25-24-20(29-21)15-6-3-2-4-7-15/h2-4,6-7,10-13,19H,5,8-9H2,1H3,(H,23,26)/t19-/m0/s1. The van der Waals surface area contributed by atoms with Crippen LogP contribution in [-0.2, 0) is 14.3 Å². The van der Waals surface area contributed by atoms with Gasteiger partial charge in [0.1, 0.15) is 6.04 Å². The van der Waals surface area contributed by atoms with Crippen LogP contribution < -0.4 is 5.32 Å². The smallest absolute Gasteiger partial charge is 0.305 e. The molecule has 29 heavy (non-hydrogen) atoms. The van der Waals surface area contributed by atoms with Crippen LogP contribution in [0, 0.1) is 0 Å². The molecule has 1 amide bonds. The molecule has 1 aromatic heterocycles. The van der Waals surface area contributed by atoms with E-state index in [-0.39, 0.29) is 30.6 Å². The van der Waals surface area contributed by atoms with Crippen LogP contribution >= 0.6 is 11.6 Å². The predicted octanol–water partition coefficient (Wildman–Crippen LogP) is 3.94. The number of esters is 1. The molecule has 0 saturated heterocycles. The van der Waals surface area contributed by atoms with Crippen LogP contribution in [0.15, 0.2) is 59.0 Å². The first-order chi connectivity index (χ1) is 14.1. The lowest BCUT2D eigenvalue weighted by molar-refractivity contribution is -0.140. The number of nitrogens with zero attached hydrogens (tertiary/aromatic N) is 2. The summed E-state index contributed by atoms with van der Waals surface area (Å²) in [6.45, 7) is 0. The molecule has 0 aliphatic carbocycles. The Balaban J connectivity index is 1.79. The molecule has 0 aliphatic heterocycles. The number of rotatable bonds is 8. The molecule has 0 bridgehead atoms. The highest BCUT2D eigenvalue weighted by Gasteiger charge is 2.23. The Morgan fingerprint density at radius 2 is 1.79 bits per heavy atom. The number of benzene rings is 2. The monoisotopic (exact) mass is 413 g/mol. The van der Waals surface area contributed by atoms with Gasteiger partial charge in [-0.2, -0.15) is 0 Å². The number of hydrogen-bond acceptors (Lipinski definition) is 6. The number of ether oxygens (including phenoxy) is 1. The summed E-state index contributed by atoms with van der Waals surface area (Å²) in [5.41, 5.74) is 1.53. The number of halogens is 1. The van der Waals surface area contributed by atoms with Gasteiger partial charge in [-0.3, -0.25) is 9.59 Å². The minimum absolute atomic E-state index is 0.166. The summed E-state index contributed by atoms with van der Waals surface area (Å²) in [5.74, 6) is 0.0248. The predicted molar refractivity (Wildman–Crippen MR) is 107 cm³/mol. The fraction of sp³-hybridized carbons (Fsp3) is 0.238. The molecule has 0 spiro atoms. The van der Waals surface area contributed by atoms with E-state index in [0.29, 0.717) is 17.3 Å². The van der Waals surface area contributed by atoms with Crippen LogP contribution in [-0.4, -0.2) is 29.2 Å². The van der Waals surface area contributed by atoms with Gasteiger partial charge in [0, 0.05) is 23.4 Å². The molecule has 8 heteroatoms. The highest BCUT2D eigenvalue weighted by molar-refractivity contribution is 6.30. The Morgan fingerprint density at radius 3 is 2.48 bits per heavy atom. The van der Waals surface area contributed by atoms with Gasteiger partial charge in [-0.1, -0.05) is 41.9 Å². The van der Waals surface area contributed by atoms with Gasteiger partial charge in [0.15, 0.2) is 0 Å². The highest BCUT2D eigenvalue weighted by atomic mass is 35.5. The quantitative estimate of drug-likeness (QED) is 0.562. The fourth-order valence-electron chi connectivity index (χ4n) is 2.72. The number of carbonyl (C=O) groups is 2. The van der Waals surface area contributed by atoms with Gasteiger partial charge < -0.3 is 14.5 Å². The van der Waals surface area contributed by atoms with E-state index < -0.39 is 6.04 Å². The summed E-state index contributed by atoms with van der Waals surface area (Å²) < 4.78 is 10.4. The Morgan fingerprint density at radius 1 is 1.07 bits per heavy atom. The number of carbonyl (C=O) groups excluding carboxylic acids is 2. The van der Waals surface area contributed by atoms with Crippen LogP contribution in [0.4, 0.5) is 0 Å². The normalized spacial score (nSPS) is 11.7. The highest BCUT2D eigenvalue weighted by Crippen LogP contribution is 2.26. The van der Waals surface area contributed by atoms with Crippen molar-refractivity contribution in [2.24, 2.45) is 0 Å². The molecule has 0 unspecified atom stereocenters. The average molecular weight is 414 g/mol.